The fourth-order valence-corrected chi connectivity index (χ4v) is 3.24. The maximum absolute atomic E-state index is 12.4. The minimum absolute atomic E-state index is 0.0157. The van der Waals surface area contributed by atoms with E-state index in [1.54, 1.807) is 0 Å². The number of hydrogen-bond acceptors (Lipinski definition) is 2. The Bertz CT molecular complexity index is 931. The summed E-state index contributed by atoms with van der Waals surface area (Å²) in [5, 5.41) is 6.82. The summed E-state index contributed by atoms with van der Waals surface area (Å²) in [6.07, 6.45) is 3.72. The molecule has 0 unspecified atom stereocenters. The Hall–Kier alpha value is -3.08. The molecule has 1 aromatic heterocycles. The minimum atomic E-state index is -0.111. The van der Waals surface area contributed by atoms with Crippen LogP contribution in [0.3, 0.4) is 0 Å². The van der Waals surface area contributed by atoms with E-state index in [-0.39, 0.29) is 24.4 Å². The van der Waals surface area contributed by atoms with Crippen LogP contribution in [0.1, 0.15) is 25.8 Å². The van der Waals surface area contributed by atoms with Gasteiger partial charge in [0, 0.05) is 24.5 Å². The highest BCUT2D eigenvalue weighted by atomic mass is 16.2. The number of carbonyl (C=O) groups excluding carboxylic acids is 2. The molecule has 3 rings (SSSR count). The first-order valence-corrected chi connectivity index (χ1v) is 9.21. The zero-order chi connectivity index (χ0) is 19.2. The van der Waals surface area contributed by atoms with E-state index in [4.69, 9.17) is 0 Å². The van der Waals surface area contributed by atoms with Gasteiger partial charge in [0.25, 0.3) is 0 Å². The molecule has 27 heavy (non-hydrogen) atoms. The molecule has 1 heterocycles. The standard InChI is InChI=1S/C22H25N3O2/c1-16(11-12-18-7-4-3-5-8-18)23-22(27)15-25-14-13-19-20(24-17(2)26)9-6-10-21(19)25/h3-10,13-14,16H,11-12,15H2,1-2H3,(H,23,27)(H,24,26)/t16-/m1/s1. The monoisotopic (exact) mass is 363 g/mol. The summed E-state index contributed by atoms with van der Waals surface area (Å²) < 4.78 is 1.90. The molecule has 0 saturated carbocycles. The molecule has 0 aliphatic rings. The Balaban J connectivity index is 1.60. The molecule has 140 valence electrons. The molecule has 0 saturated heterocycles. The normalized spacial score (nSPS) is 11.9. The van der Waals surface area contributed by atoms with E-state index in [0.29, 0.717) is 0 Å². The fourth-order valence-electron chi connectivity index (χ4n) is 3.24. The van der Waals surface area contributed by atoms with Crippen LogP contribution in [0, 0.1) is 0 Å². The predicted octanol–water partition coefficient (Wildman–Crippen LogP) is 3.74. The lowest BCUT2D eigenvalue weighted by molar-refractivity contribution is -0.122. The number of rotatable bonds is 7. The molecule has 0 spiro atoms. The number of benzene rings is 2. The number of fused-ring (bicyclic) bond motifs is 1. The summed E-state index contributed by atoms with van der Waals surface area (Å²) in [6.45, 7) is 3.77. The maximum Gasteiger partial charge on any atom is 0.240 e. The third kappa shape index (κ3) is 4.97. The molecule has 2 aromatic carbocycles. The van der Waals surface area contributed by atoms with Crippen molar-refractivity contribution < 1.29 is 9.59 Å². The molecule has 5 heteroatoms. The molecule has 0 aliphatic carbocycles. The molecular weight excluding hydrogens is 338 g/mol. The third-order valence-corrected chi connectivity index (χ3v) is 4.55. The molecule has 2 N–H and O–H groups in total. The Kier molecular flexibility index (Phi) is 5.91. The van der Waals surface area contributed by atoms with Gasteiger partial charge < -0.3 is 15.2 Å². The first-order chi connectivity index (χ1) is 13.0. The van der Waals surface area contributed by atoms with Gasteiger partial charge in [0.15, 0.2) is 0 Å². The van der Waals surface area contributed by atoms with Crippen LogP contribution in [0.25, 0.3) is 10.9 Å². The topological polar surface area (TPSA) is 63.1 Å². The summed E-state index contributed by atoms with van der Waals surface area (Å²) in [4.78, 5) is 23.8. The van der Waals surface area contributed by atoms with Crippen molar-refractivity contribution in [1.82, 2.24) is 9.88 Å². The lowest BCUT2D eigenvalue weighted by Gasteiger charge is -2.15. The molecule has 0 radical (unpaired) electrons. The second-order valence-corrected chi connectivity index (χ2v) is 6.86. The minimum Gasteiger partial charge on any atom is -0.352 e. The number of aromatic nitrogens is 1. The zero-order valence-electron chi connectivity index (χ0n) is 15.7. The van der Waals surface area contributed by atoms with E-state index < -0.39 is 0 Å². The number of aryl methyl sites for hydroxylation is 1. The van der Waals surface area contributed by atoms with Crippen LogP contribution in [0.2, 0.25) is 0 Å². The number of nitrogens with zero attached hydrogens (tertiary/aromatic N) is 1. The average Bonchev–Trinajstić information content (AvgIpc) is 3.04. The lowest BCUT2D eigenvalue weighted by Crippen LogP contribution is -2.35. The van der Waals surface area contributed by atoms with Gasteiger partial charge >= 0.3 is 0 Å². The second-order valence-electron chi connectivity index (χ2n) is 6.86. The van der Waals surface area contributed by atoms with Gasteiger partial charge in [0.1, 0.15) is 6.54 Å². The molecule has 5 nitrogen and oxygen atoms in total. The van der Waals surface area contributed by atoms with Crippen molar-refractivity contribution in [2.75, 3.05) is 5.32 Å². The molecule has 0 aliphatic heterocycles. The van der Waals surface area contributed by atoms with Crippen LogP contribution in [0.5, 0.6) is 0 Å². The van der Waals surface area contributed by atoms with Crippen LogP contribution >= 0.6 is 0 Å². The van der Waals surface area contributed by atoms with E-state index in [2.05, 4.69) is 22.8 Å². The lowest BCUT2D eigenvalue weighted by atomic mass is 10.1. The van der Waals surface area contributed by atoms with Crippen LogP contribution in [0.15, 0.2) is 60.8 Å². The molecule has 0 bridgehead atoms. The van der Waals surface area contributed by atoms with Gasteiger partial charge in [-0.1, -0.05) is 36.4 Å². The highest BCUT2D eigenvalue weighted by Crippen LogP contribution is 2.24. The molecule has 3 aromatic rings. The SMILES string of the molecule is CC(=O)Nc1cccc2c1ccn2CC(=O)N[C@H](C)CCc1ccccc1. The molecule has 1 atom stereocenters. The highest BCUT2D eigenvalue weighted by Gasteiger charge is 2.11. The van der Waals surface area contributed by atoms with E-state index in [9.17, 15) is 9.59 Å². The maximum atomic E-state index is 12.4. The quantitative estimate of drug-likeness (QED) is 0.672. The number of carbonyl (C=O) groups is 2. The number of nitrogens with one attached hydrogen (secondary N) is 2. The fraction of sp³-hybridized carbons (Fsp3) is 0.273. The van der Waals surface area contributed by atoms with Gasteiger partial charge in [0.2, 0.25) is 11.8 Å². The number of hydrogen-bond donors (Lipinski definition) is 2. The average molecular weight is 363 g/mol. The summed E-state index contributed by atoms with van der Waals surface area (Å²) in [5.74, 6) is -0.127. The predicted molar refractivity (Wildman–Crippen MR) is 109 cm³/mol. The molecule has 0 fully saturated rings. The van der Waals surface area contributed by atoms with Crippen LogP contribution in [-0.4, -0.2) is 22.4 Å². The van der Waals surface area contributed by atoms with Crippen molar-refractivity contribution in [3.05, 3.63) is 66.4 Å². The molecular formula is C22H25N3O2. The van der Waals surface area contributed by atoms with E-state index in [1.807, 2.05) is 60.2 Å². The van der Waals surface area contributed by atoms with Crippen molar-refractivity contribution in [2.24, 2.45) is 0 Å². The molecule has 2 amide bonds. The van der Waals surface area contributed by atoms with Gasteiger partial charge in [0.05, 0.1) is 11.2 Å². The van der Waals surface area contributed by atoms with Crippen LogP contribution in [0.4, 0.5) is 5.69 Å². The Morgan fingerprint density at radius 2 is 1.81 bits per heavy atom. The highest BCUT2D eigenvalue weighted by molar-refractivity contribution is 6.01. The number of amides is 2. The zero-order valence-corrected chi connectivity index (χ0v) is 15.7. The van der Waals surface area contributed by atoms with Gasteiger partial charge in [-0.15, -0.1) is 0 Å². The largest absolute Gasteiger partial charge is 0.352 e. The van der Waals surface area contributed by atoms with Crippen LogP contribution in [-0.2, 0) is 22.6 Å². The smallest absolute Gasteiger partial charge is 0.240 e. The second kappa shape index (κ2) is 8.54. The van der Waals surface area contributed by atoms with Crippen molar-refractivity contribution in [3.8, 4) is 0 Å². The van der Waals surface area contributed by atoms with Gasteiger partial charge in [-0.05, 0) is 43.5 Å². The van der Waals surface area contributed by atoms with Gasteiger partial charge in [-0.2, -0.15) is 0 Å². The third-order valence-electron chi connectivity index (χ3n) is 4.55. The summed E-state index contributed by atoms with van der Waals surface area (Å²) >= 11 is 0. The van der Waals surface area contributed by atoms with Crippen molar-refractivity contribution in [1.29, 1.82) is 0 Å². The first kappa shape index (κ1) is 18.7. The van der Waals surface area contributed by atoms with E-state index in [0.717, 1.165) is 29.4 Å². The number of anilines is 1. The van der Waals surface area contributed by atoms with E-state index in [1.165, 1.54) is 12.5 Å². The summed E-state index contributed by atoms with van der Waals surface area (Å²) in [5.41, 5.74) is 2.96. The van der Waals surface area contributed by atoms with Gasteiger partial charge in [-0.25, -0.2) is 0 Å². The first-order valence-electron chi connectivity index (χ1n) is 9.21. The Labute approximate surface area is 159 Å². The van der Waals surface area contributed by atoms with E-state index >= 15 is 0 Å². The summed E-state index contributed by atoms with van der Waals surface area (Å²) in [6, 6.07) is 18.0. The summed E-state index contributed by atoms with van der Waals surface area (Å²) in [7, 11) is 0. The van der Waals surface area contributed by atoms with Crippen LogP contribution < -0.4 is 10.6 Å². The van der Waals surface area contributed by atoms with Crippen molar-refractivity contribution in [2.45, 2.75) is 39.3 Å². The Morgan fingerprint density at radius 3 is 2.56 bits per heavy atom. The van der Waals surface area contributed by atoms with Crippen molar-refractivity contribution in [3.63, 3.8) is 0 Å². The van der Waals surface area contributed by atoms with Crippen molar-refractivity contribution >= 4 is 28.4 Å². The Morgan fingerprint density at radius 1 is 1.04 bits per heavy atom. The van der Waals surface area contributed by atoms with Gasteiger partial charge in [-0.3, -0.25) is 9.59 Å².